The van der Waals surface area contributed by atoms with Crippen molar-refractivity contribution >= 4 is 22.7 Å². The van der Waals surface area contributed by atoms with E-state index in [-0.39, 0.29) is 0 Å². The average molecular weight is 284 g/mol. The van der Waals surface area contributed by atoms with Gasteiger partial charge in [-0.1, -0.05) is 6.42 Å². The van der Waals surface area contributed by atoms with Crippen LogP contribution in [0.15, 0.2) is 24.4 Å². The molecule has 4 nitrogen and oxygen atoms in total. The second-order valence-corrected chi connectivity index (χ2v) is 6.47. The van der Waals surface area contributed by atoms with Crippen molar-refractivity contribution in [1.29, 1.82) is 0 Å². The van der Waals surface area contributed by atoms with Crippen LogP contribution in [0.4, 0.5) is 5.69 Å². The first-order valence-electron chi connectivity index (χ1n) is 7.03. The van der Waals surface area contributed by atoms with Gasteiger partial charge in [0.2, 0.25) is 0 Å². The number of nitrogens with two attached hydrogens (primary N) is 1. The highest BCUT2D eigenvalue weighted by molar-refractivity contribution is 7.15. The number of anilines is 1. The van der Waals surface area contributed by atoms with Crippen LogP contribution in [0, 0.1) is 0 Å². The molecule has 0 bridgehead atoms. The van der Waals surface area contributed by atoms with E-state index in [0.717, 1.165) is 17.2 Å². The maximum atomic E-state index is 5.88. The van der Waals surface area contributed by atoms with Gasteiger partial charge in [0.1, 0.15) is 0 Å². The van der Waals surface area contributed by atoms with Gasteiger partial charge in [-0.15, -0.1) is 21.5 Å². The van der Waals surface area contributed by atoms with Crippen LogP contribution in [-0.2, 0) is 12.8 Å². The van der Waals surface area contributed by atoms with Gasteiger partial charge in [-0.3, -0.25) is 4.40 Å². The molecule has 0 amide bonds. The second kappa shape index (κ2) is 4.59. The lowest BCUT2D eigenvalue weighted by Gasteiger charge is -1.98. The summed E-state index contributed by atoms with van der Waals surface area (Å²) in [6.45, 7) is 0. The highest BCUT2D eigenvalue weighted by atomic mass is 32.1. The van der Waals surface area contributed by atoms with E-state index in [2.05, 4.69) is 16.3 Å². The highest BCUT2D eigenvalue weighted by Gasteiger charge is 2.16. The fourth-order valence-electron chi connectivity index (χ4n) is 2.85. The lowest BCUT2D eigenvalue weighted by atomic mass is 10.1. The first-order valence-corrected chi connectivity index (χ1v) is 7.85. The molecule has 0 unspecified atom stereocenters. The van der Waals surface area contributed by atoms with Gasteiger partial charge >= 0.3 is 0 Å². The van der Waals surface area contributed by atoms with Crippen LogP contribution in [0.25, 0.3) is 16.3 Å². The van der Waals surface area contributed by atoms with E-state index in [1.165, 1.54) is 47.4 Å². The van der Waals surface area contributed by atoms with Crippen LogP contribution >= 0.6 is 11.3 Å². The van der Waals surface area contributed by atoms with Crippen LogP contribution in [-0.4, -0.2) is 14.6 Å². The van der Waals surface area contributed by atoms with E-state index >= 15 is 0 Å². The molecular weight excluding hydrogens is 268 g/mol. The van der Waals surface area contributed by atoms with Crippen LogP contribution in [0.1, 0.15) is 29.7 Å². The molecule has 102 valence electrons. The molecule has 0 radical (unpaired) electrons. The predicted octanol–water partition coefficient (Wildman–Crippen LogP) is 3.31. The number of hydrogen-bond donors (Lipinski definition) is 1. The molecule has 2 N–H and O–H groups in total. The summed E-state index contributed by atoms with van der Waals surface area (Å²) >= 11 is 1.86. The van der Waals surface area contributed by atoms with E-state index in [1.54, 1.807) is 0 Å². The van der Waals surface area contributed by atoms with Crippen molar-refractivity contribution in [2.24, 2.45) is 0 Å². The molecule has 4 rings (SSSR count). The Morgan fingerprint density at radius 1 is 1.10 bits per heavy atom. The largest absolute Gasteiger partial charge is 0.398 e. The molecule has 0 atom stereocenters. The Bertz CT molecular complexity index is 748. The Kier molecular flexibility index (Phi) is 2.73. The number of hydrogen-bond acceptors (Lipinski definition) is 4. The fraction of sp³-hybridized carbons (Fsp3) is 0.333. The van der Waals surface area contributed by atoms with Crippen LogP contribution in [0.5, 0.6) is 0 Å². The van der Waals surface area contributed by atoms with Gasteiger partial charge in [-0.2, -0.15) is 0 Å². The molecule has 0 spiro atoms. The van der Waals surface area contributed by atoms with Crippen molar-refractivity contribution in [3.8, 4) is 10.7 Å². The zero-order valence-electron chi connectivity index (χ0n) is 11.2. The first-order chi connectivity index (χ1) is 9.81. The third kappa shape index (κ3) is 1.89. The molecule has 20 heavy (non-hydrogen) atoms. The molecule has 0 fully saturated rings. The lowest BCUT2D eigenvalue weighted by molar-refractivity contribution is 0.712. The summed E-state index contributed by atoms with van der Waals surface area (Å²) in [6, 6.07) is 6.06. The van der Waals surface area contributed by atoms with E-state index < -0.39 is 0 Å². The number of nitrogen functional groups attached to an aromatic ring is 1. The lowest BCUT2D eigenvalue weighted by Crippen LogP contribution is -1.91. The minimum Gasteiger partial charge on any atom is -0.398 e. The number of nitrogens with zero attached hydrogens (tertiary/aromatic N) is 3. The molecule has 1 aliphatic carbocycles. The highest BCUT2D eigenvalue weighted by Crippen LogP contribution is 2.34. The molecule has 5 heteroatoms. The standard InChI is InChI=1S/C15H16N4S/c16-11-6-7-14-17-18-15(19(14)9-11)13-8-10-4-2-1-3-5-12(10)20-13/h6-9H,1-5,16H2. The average Bonchev–Trinajstić information content (AvgIpc) is 2.97. The topological polar surface area (TPSA) is 56.2 Å². The number of fused-ring (bicyclic) bond motifs is 2. The number of thiophene rings is 1. The minimum absolute atomic E-state index is 0.733. The Balaban J connectivity index is 1.85. The molecule has 0 saturated carbocycles. The van der Waals surface area contributed by atoms with Gasteiger partial charge < -0.3 is 5.73 Å². The molecule has 1 aliphatic rings. The van der Waals surface area contributed by atoms with Crippen molar-refractivity contribution in [3.63, 3.8) is 0 Å². The Hall–Kier alpha value is -1.88. The summed E-state index contributed by atoms with van der Waals surface area (Å²) in [4.78, 5) is 2.73. The summed E-state index contributed by atoms with van der Waals surface area (Å²) in [5.74, 6) is 0.908. The molecule has 3 aromatic heterocycles. The van der Waals surface area contributed by atoms with Crippen molar-refractivity contribution in [3.05, 3.63) is 34.8 Å². The first kappa shape index (κ1) is 11.9. The smallest absolute Gasteiger partial charge is 0.178 e. The number of rotatable bonds is 1. The predicted molar refractivity (Wildman–Crippen MR) is 82.0 cm³/mol. The summed E-state index contributed by atoms with van der Waals surface area (Å²) < 4.78 is 1.99. The maximum absolute atomic E-state index is 5.88. The van der Waals surface area contributed by atoms with Gasteiger partial charge in [-0.25, -0.2) is 0 Å². The van der Waals surface area contributed by atoms with Gasteiger partial charge in [0.05, 0.1) is 4.88 Å². The Morgan fingerprint density at radius 3 is 2.95 bits per heavy atom. The quantitative estimate of drug-likeness (QED) is 0.697. The molecule has 0 aliphatic heterocycles. The van der Waals surface area contributed by atoms with Crippen molar-refractivity contribution in [2.45, 2.75) is 32.1 Å². The zero-order valence-corrected chi connectivity index (χ0v) is 12.0. The molecule has 3 aromatic rings. The fourth-order valence-corrected chi connectivity index (χ4v) is 4.09. The number of aryl methyl sites for hydroxylation is 2. The molecule has 0 saturated heterocycles. The van der Waals surface area contributed by atoms with Crippen LogP contribution in [0.3, 0.4) is 0 Å². The van der Waals surface area contributed by atoms with Gasteiger partial charge in [0.25, 0.3) is 0 Å². The number of aromatic nitrogens is 3. The van der Waals surface area contributed by atoms with Gasteiger partial charge in [0.15, 0.2) is 11.5 Å². The van der Waals surface area contributed by atoms with E-state index in [4.69, 9.17) is 5.73 Å². The van der Waals surface area contributed by atoms with E-state index in [1.807, 2.05) is 34.1 Å². The SMILES string of the molecule is Nc1ccc2nnc(-c3cc4c(s3)CCCCC4)n2c1. The van der Waals surface area contributed by atoms with Crippen LogP contribution in [0.2, 0.25) is 0 Å². The maximum Gasteiger partial charge on any atom is 0.178 e. The third-order valence-electron chi connectivity index (χ3n) is 3.89. The van der Waals surface area contributed by atoms with E-state index in [9.17, 15) is 0 Å². The monoisotopic (exact) mass is 284 g/mol. The summed E-state index contributed by atoms with van der Waals surface area (Å²) in [5, 5.41) is 8.57. The Morgan fingerprint density at radius 2 is 2.00 bits per heavy atom. The molecular formula is C15H16N4S. The van der Waals surface area contributed by atoms with Crippen molar-refractivity contribution < 1.29 is 0 Å². The normalized spacial score (nSPS) is 15.2. The van der Waals surface area contributed by atoms with E-state index in [0.29, 0.717) is 0 Å². The summed E-state index contributed by atoms with van der Waals surface area (Å²) in [7, 11) is 0. The number of pyridine rings is 1. The zero-order chi connectivity index (χ0) is 13.5. The minimum atomic E-state index is 0.733. The summed E-state index contributed by atoms with van der Waals surface area (Å²) in [6.07, 6.45) is 8.26. The molecule has 0 aromatic carbocycles. The summed E-state index contributed by atoms with van der Waals surface area (Å²) in [5.41, 5.74) is 8.96. The molecule has 3 heterocycles. The van der Waals surface area contributed by atoms with Crippen LogP contribution < -0.4 is 5.73 Å². The second-order valence-electron chi connectivity index (χ2n) is 5.33. The van der Waals surface area contributed by atoms with Crippen molar-refractivity contribution in [2.75, 3.05) is 5.73 Å². The third-order valence-corrected chi connectivity index (χ3v) is 5.13. The van der Waals surface area contributed by atoms with Crippen molar-refractivity contribution in [1.82, 2.24) is 14.6 Å². The van der Waals surface area contributed by atoms with Gasteiger partial charge in [-0.05, 0) is 49.4 Å². The Labute approximate surface area is 121 Å². The van der Waals surface area contributed by atoms with Gasteiger partial charge in [0, 0.05) is 16.8 Å².